The topological polar surface area (TPSA) is 57.5 Å². The van der Waals surface area contributed by atoms with E-state index in [9.17, 15) is 9.90 Å². The molecule has 0 aromatic carbocycles. The van der Waals surface area contributed by atoms with Crippen molar-refractivity contribution in [3.8, 4) is 0 Å². The van der Waals surface area contributed by atoms with Gasteiger partial charge in [0, 0.05) is 11.8 Å². The molecule has 0 bridgehead atoms. The van der Waals surface area contributed by atoms with Gasteiger partial charge in [0.05, 0.1) is 5.76 Å². The quantitative estimate of drug-likeness (QED) is 0.703. The Morgan fingerprint density at radius 3 is 2.68 bits per heavy atom. The first-order valence-corrected chi connectivity index (χ1v) is 10.5. The first-order valence-electron chi connectivity index (χ1n) is 10.5. The highest BCUT2D eigenvalue weighted by Crippen LogP contribution is 2.67. The van der Waals surface area contributed by atoms with E-state index < -0.39 is 5.97 Å². The molecule has 3 fully saturated rings. The van der Waals surface area contributed by atoms with E-state index in [1.807, 2.05) is 0 Å². The van der Waals surface area contributed by atoms with Crippen LogP contribution in [0.5, 0.6) is 0 Å². The highest BCUT2D eigenvalue weighted by atomic mass is 16.4. The number of aliphatic carboxylic acids is 1. The predicted molar refractivity (Wildman–Crippen MR) is 98.2 cm³/mol. The minimum absolute atomic E-state index is 0.00163. The second-order valence-corrected chi connectivity index (χ2v) is 9.85. The fourth-order valence-corrected chi connectivity index (χ4v) is 7.80. The zero-order valence-electron chi connectivity index (χ0n) is 15.8. The molecule has 4 aliphatic carbocycles. The number of hydrogen-bond donors (Lipinski definition) is 2. The third-order valence-corrected chi connectivity index (χ3v) is 9.21. The molecule has 0 aromatic heterocycles. The van der Waals surface area contributed by atoms with Crippen LogP contribution in [0.4, 0.5) is 0 Å². The Kier molecular flexibility index (Phi) is 4.20. The maximum absolute atomic E-state index is 11.1. The van der Waals surface area contributed by atoms with E-state index in [1.165, 1.54) is 44.9 Å². The van der Waals surface area contributed by atoms with Crippen LogP contribution in [0, 0.1) is 40.4 Å². The molecule has 25 heavy (non-hydrogen) atoms. The molecule has 0 saturated heterocycles. The molecule has 3 saturated carbocycles. The maximum Gasteiger partial charge on any atom is 0.303 e. The van der Waals surface area contributed by atoms with Crippen LogP contribution in [-0.2, 0) is 4.79 Å². The maximum atomic E-state index is 11.1. The lowest BCUT2D eigenvalue weighted by atomic mass is 9.45. The molecule has 0 aliphatic heterocycles. The third-order valence-electron chi connectivity index (χ3n) is 9.21. The predicted octanol–water partition coefficient (Wildman–Crippen LogP) is 5.56. The molecule has 4 rings (SSSR count). The smallest absolute Gasteiger partial charge is 0.303 e. The van der Waals surface area contributed by atoms with Crippen molar-refractivity contribution in [2.24, 2.45) is 40.4 Å². The average Bonchev–Trinajstić information content (AvgIpc) is 2.90. The number of rotatable bonds is 3. The van der Waals surface area contributed by atoms with Gasteiger partial charge in [-0.25, -0.2) is 0 Å². The molecule has 4 aliphatic rings. The molecule has 0 amide bonds. The summed E-state index contributed by atoms with van der Waals surface area (Å²) in [6.07, 6.45) is 13.1. The van der Waals surface area contributed by atoms with E-state index in [-0.39, 0.29) is 5.41 Å². The number of allylic oxidation sites excluding steroid dienone is 2. The van der Waals surface area contributed by atoms with Crippen LogP contribution in [0.2, 0.25) is 0 Å². The third kappa shape index (κ3) is 2.48. The van der Waals surface area contributed by atoms with Crippen LogP contribution in [0.1, 0.15) is 78.1 Å². The van der Waals surface area contributed by atoms with Crippen molar-refractivity contribution in [3.63, 3.8) is 0 Å². The lowest BCUT2D eigenvalue weighted by molar-refractivity contribution is -0.138. The van der Waals surface area contributed by atoms with E-state index in [4.69, 9.17) is 5.11 Å². The summed E-state index contributed by atoms with van der Waals surface area (Å²) in [6, 6.07) is 0. The van der Waals surface area contributed by atoms with Gasteiger partial charge in [0.2, 0.25) is 0 Å². The van der Waals surface area contributed by atoms with Gasteiger partial charge in [-0.3, -0.25) is 4.79 Å². The number of carbonyl (C=O) groups is 1. The molecule has 0 radical (unpaired) electrons. The van der Waals surface area contributed by atoms with Crippen molar-refractivity contribution >= 4 is 5.97 Å². The lowest BCUT2D eigenvalue weighted by Gasteiger charge is -2.59. The molecule has 140 valence electrons. The van der Waals surface area contributed by atoms with Gasteiger partial charge in [-0.05, 0) is 98.9 Å². The molecule has 1 unspecified atom stereocenters. The summed E-state index contributed by atoms with van der Waals surface area (Å²) in [5, 5.41) is 19.9. The number of fused-ring (bicyclic) bond motifs is 5. The van der Waals surface area contributed by atoms with E-state index in [0.29, 0.717) is 35.3 Å². The van der Waals surface area contributed by atoms with Crippen LogP contribution < -0.4 is 0 Å². The van der Waals surface area contributed by atoms with Crippen molar-refractivity contribution in [2.75, 3.05) is 0 Å². The van der Waals surface area contributed by atoms with E-state index in [1.54, 1.807) is 0 Å². The van der Waals surface area contributed by atoms with Gasteiger partial charge < -0.3 is 10.2 Å². The molecule has 0 aromatic rings. The normalized spacial score (nSPS) is 48.9. The summed E-state index contributed by atoms with van der Waals surface area (Å²) in [5.41, 5.74) is 0.329. The van der Waals surface area contributed by atoms with Gasteiger partial charge in [0.15, 0.2) is 0 Å². The van der Waals surface area contributed by atoms with E-state index in [2.05, 4.69) is 19.9 Å². The van der Waals surface area contributed by atoms with Gasteiger partial charge >= 0.3 is 5.97 Å². The SMILES string of the molecule is C[C@]12CC[C@H]3[C@@H](CCC4CCC=C(O)[C@@]43C)[C@@H]1CC[C@H]2CCC(=O)O. The van der Waals surface area contributed by atoms with Crippen molar-refractivity contribution in [1.29, 1.82) is 0 Å². The summed E-state index contributed by atoms with van der Waals surface area (Å²) < 4.78 is 0. The van der Waals surface area contributed by atoms with Crippen LogP contribution in [0.25, 0.3) is 0 Å². The molecule has 3 nitrogen and oxygen atoms in total. The molecular formula is C22H34O3. The molecule has 0 spiro atoms. The van der Waals surface area contributed by atoms with Crippen LogP contribution in [0.15, 0.2) is 11.8 Å². The summed E-state index contributed by atoms with van der Waals surface area (Å²) >= 11 is 0. The van der Waals surface area contributed by atoms with Crippen LogP contribution in [0.3, 0.4) is 0 Å². The fourth-order valence-electron chi connectivity index (χ4n) is 7.80. The Labute approximate surface area is 151 Å². The molecule has 0 heterocycles. The molecular weight excluding hydrogens is 312 g/mol. The van der Waals surface area contributed by atoms with Crippen molar-refractivity contribution in [3.05, 3.63) is 11.8 Å². The second-order valence-electron chi connectivity index (χ2n) is 9.85. The lowest BCUT2D eigenvalue weighted by Crippen LogP contribution is -2.53. The first kappa shape index (κ1) is 17.4. The van der Waals surface area contributed by atoms with Crippen LogP contribution >= 0.6 is 0 Å². The summed E-state index contributed by atoms with van der Waals surface area (Å²) in [7, 11) is 0. The minimum atomic E-state index is -0.647. The zero-order valence-corrected chi connectivity index (χ0v) is 15.8. The fraction of sp³-hybridized carbons (Fsp3) is 0.864. The van der Waals surface area contributed by atoms with Gasteiger partial charge in [-0.2, -0.15) is 0 Å². The molecule has 7 atom stereocenters. The largest absolute Gasteiger partial charge is 0.512 e. The molecule has 2 N–H and O–H groups in total. The Hall–Kier alpha value is -0.990. The summed E-state index contributed by atoms with van der Waals surface area (Å²) in [5.74, 6) is 3.36. The second kappa shape index (κ2) is 6.03. The van der Waals surface area contributed by atoms with E-state index in [0.717, 1.165) is 24.7 Å². The Morgan fingerprint density at radius 2 is 1.92 bits per heavy atom. The standard InChI is InChI=1S/C22H34O3/c1-21-13-12-18-16(17(21)10-7-14(21)8-11-20(24)25)9-6-15-4-3-5-19(23)22(15,18)2/h5,14-18,23H,3-4,6-13H2,1-2H3,(H,24,25)/t14-,15?,16-,17-,18-,21+,22-/m0/s1. The van der Waals surface area contributed by atoms with Gasteiger partial charge in [0.25, 0.3) is 0 Å². The van der Waals surface area contributed by atoms with Gasteiger partial charge in [-0.15, -0.1) is 0 Å². The average molecular weight is 347 g/mol. The summed E-state index contributed by atoms with van der Waals surface area (Å²) in [4.78, 5) is 11.1. The van der Waals surface area contributed by atoms with Crippen molar-refractivity contribution < 1.29 is 15.0 Å². The summed E-state index contributed by atoms with van der Waals surface area (Å²) in [6.45, 7) is 4.80. The first-order chi connectivity index (χ1) is 11.9. The zero-order chi connectivity index (χ0) is 17.8. The Morgan fingerprint density at radius 1 is 1.12 bits per heavy atom. The number of aliphatic hydroxyl groups is 1. The van der Waals surface area contributed by atoms with E-state index >= 15 is 0 Å². The van der Waals surface area contributed by atoms with Gasteiger partial charge in [-0.1, -0.05) is 13.8 Å². The Balaban J connectivity index is 1.58. The highest BCUT2D eigenvalue weighted by Gasteiger charge is 2.60. The highest BCUT2D eigenvalue weighted by molar-refractivity contribution is 5.66. The van der Waals surface area contributed by atoms with Crippen LogP contribution in [-0.4, -0.2) is 16.2 Å². The minimum Gasteiger partial charge on any atom is -0.512 e. The monoisotopic (exact) mass is 346 g/mol. The molecule has 3 heteroatoms. The van der Waals surface area contributed by atoms with Gasteiger partial charge in [0.1, 0.15) is 0 Å². The number of hydrogen-bond acceptors (Lipinski definition) is 2. The number of carboxylic acid groups (broad SMARTS) is 1. The number of carboxylic acids is 1. The number of aliphatic hydroxyl groups excluding tert-OH is 1. The van der Waals surface area contributed by atoms with Crippen molar-refractivity contribution in [2.45, 2.75) is 78.1 Å². The van der Waals surface area contributed by atoms with Crippen molar-refractivity contribution in [1.82, 2.24) is 0 Å². The Bertz CT molecular complexity index is 582.